The first kappa shape index (κ1) is 35.6. The Bertz CT molecular complexity index is 957. The maximum Gasteiger partial charge on any atom is 0.335 e. The Balaban J connectivity index is 1.51. The highest BCUT2D eigenvalue weighted by atomic mass is 16.8. The van der Waals surface area contributed by atoms with E-state index in [1.165, 1.54) is 13.8 Å². The van der Waals surface area contributed by atoms with Crippen LogP contribution in [0.5, 0.6) is 0 Å². The molecule has 4 heterocycles. The molecule has 0 radical (unpaired) electrons. The van der Waals surface area contributed by atoms with Crippen LogP contribution in [0.3, 0.4) is 0 Å². The van der Waals surface area contributed by atoms with Gasteiger partial charge in [-0.05, 0) is 13.8 Å². The number of ether oxygens (including phenoxy) is 7. The first-order valence-electron chi connectivity index (χ1n) is 13.8. The molecule has 0 spiro atoms. The SMILES string of the molecule is C[C@@H]1O[C@@H](O)[C@H](O[C@H]2O[C@H](CO)[C@H](O[C@@H]3O[C@@H](C)[C@H](O)[C@@H](O)[C@H]3O[C@H]3O[C@H](C(=O)O)[C@H](O)[C@H](O)[C@H]3O)[C@H](O)[C@H]2O)[C@H](O)[C@H]1O. The average Bonchev–Trinajstić information content (AvgIpc) is 2.97. The van der Waals surface area contributed by atoms with Gasteiger partial charge in [0.1, 0.15) is 79.4 Å². The van der Waals surface area contributed by atoms with Crippen LogP contribution < -0.4 is 0 Å². The topological polar surface area (TPSA) is 324 Å². The third kappa shape index (κ3) is 6.88. The molecule has 20 heteroatoms. The van der Waals surface area contributed by atoms with E-state index in [0.717, 1.165) is 0 Å². The molecular weight excluding hydrogens is 608 g/mol. The minimum Gasteiger partial charge on any atom is -0.479 e. The molecule has 256 valence electrons. The van der Waals surface area contributed by atoms with Crippen LogP contribution in [0.2, 0.25) is 0 Å². The van der Waals surface area contributed by atoms with Crippen LogP contribution in [0.15, 0.2) is 0 Å². The van der Waals surface area contributed by atoms with Crippen molar-refractivity contribution in [1.29, 1.82) is 0 Å². The number of carboxylic acids is 1. The number of aliphatic hydroxyl groups is 11. The summed E-state index contributed by atoms with van der Waals surface area (Å²) in [5.41, 5.74) is 0. The van der Waals surface area contributed by atoms with E-state index >= 15 is 0 Å². The van der Waals surface area contributed by atoms with E-state index < -0.39 is 135 Å². The Morgan fingerprint density at radius 1 is 0.545 bits per heavy atom. The largest absolute Gasteiger partial charge is 0.479 e. The normalized spacial score (nSPS) is 53.8. The maximum absolute atomic E-state index is 11.5. The van der Waals surface area contributed by atoms with Crippen molar-refractivity contribution in [2.24, 2.45) is 0 Å². The molecule has 12 N–H and O–H groups in total. The zero-order valence-electron chi connectivity index (χ0n) is 23.4. The van der Waals surface area contributed by atoms with Crippen molar-refractivity contribution in [3.05, 3.63) is 0 Å². The number of carboxylic acid groups (broad SMARTS) is 1. The highest BCUT2D eigenvalue weighted by molar-refractivity contribution is 5.73. The molecule has 20 atom stereocenters. The second kappa shape index (κ2) is 14.3. The lowest BCUT2D eigenvalue weighted by Crippen LogP contribution is -2.67. The van der Waals surface area contributed by atoms with E-state index in [1.54, 1.807) is 0 Å². The van der Waals surface area contributed by atoms with Gasteiger partial charge in [0.05, 0.1) is 18.8 Å². The quantitative estimate of drug-likeness (QED) is 0.116. The monoisotopic (exact) mass is 648 g/mol. The third-order valence-electron chi connectivity index (χ3n) is 8.09. The smallest absolute Gasteiger partial charge is 0.335 e. The second-order valence-corrected chi connectivity index (χ2v) is 11.1. The molecular formula is C24H40O20. The van der Waals surface area contributed by atoms with E-state index in [0.29, 0.717) is 0 Å². The summed E-state index contributed by atoms with van der Waals surface area (Å²) in [4.78, 5) is 11.5. The fourth-order valence-electron chi connectivity index (χ4n) is 5.39. The highest BCUT2D eigenvalue weighted by Crippen LogP contribution is 2.34. The molecule has 4 aliphatic rings. The molecule has 4 saturated heterocycles. The van der Waals surface area contributed by atoms with Crippen LogP contribution in [0.25, 0.3) is 0 Å². The minimum atomic E-state index is -2.07. The molecule has 4 fully saturated rings. The zero-order valence-corrected chi connectivity index (χ0v) is 23.4. The van der Waals surface area contributed by atoms with Gasteiger partial charge in [0.25, 0.3) is 0 Å². The number of carbonyl (C=O) groups is 1. The summed E-state index contributed by atoms with van der Waals surface area (Å²) in [5.74, 6) is -1.72. The maximum atomic E-state index is 11.5. The molecule has 0 amide bonds. The summed E-state index contributed by atoms with van der Waals surface area (Å²) in [6.45, 7) is 1.81. The summed E-state index contributed by atoms with van der Waals surface area (Å²) >= 11 is 0. The van der Waals surface area contributed by atoms with Gasteiger partial charge in [-0.15, -0.1) is 0 Å². The van der Waals surface area contributed by atoms with Gasteiger partial charge in [-0.25, -0.2) is 4.79 Å². The third-order valence-corrected chi connectivity index (χ3v) is 8.09. The Labute approximate surface area is 249 Å². The minimum absolute atomic E-state index is 0.895. The highest BCUT2D eigenvalue weighted by Gasteiger charge is 2.55. The van der Waals surface area contributed by atoms with Gasteiger partial charge in [-0.3, -0.25) is 0 Å². The Kier molecular flexibility index (Phi) is 11.5. The van der Waals surface area contributed by atoms with Crippen molar-refractivity contribution in [2.75, 3.05) is 6.61 Å². The summed E-state index contributed by atoms with van der Waals surface area (Å²) in [6.07, 6.45) is -35.3. The van der Waals surface area contributed by atoms with Crippen LogP contribution in [0.1, 0.15) is 13.8 Å². The Morgan fingerprint density at radius 2 is 1.02 bits per heavy atom. The van der Waals surface area contributed by atoms with Crippen molar-refractivity contribution in [3.8, 4) is 0 Å². The van der Waals surface area contributed by atoms with Gasteiger partial charge >= 0.3 is 5.97 Å². The number of hydrogen-bond acceptors (Lipinski definition) is 19. The van der Waals surface area contributed by atoms with Crippen molar-refractivity contribution in [3.63, 3.8) is 0 Å². The molecule has 44 heavy (non-hydrogen) atoms. The zero-order chi connectivity index (χ0) is 32.8. The molecule has 0 aliphatic carbocycles. The predicted molar refractivity (Wildman–Crippen MR) is 132 cm³/mol. The van der Waals surface area contributed by atoms with Crippen LogP contribution in [-0.2, 0) is 38.0 Å². The standard InChI is InChI=1S/C24H40O20/c1-4-7(26)10(29)18(21(37)38-4)43-22-15(34)13(32)16(6(3-25)40-22)41-24-19(11(30)8(27)5(2)39-24)44-23-14(33)9(28)12(31)17(42-23)20(35)36/h4-19,21-34,37H,3H2,1-2H3,(H,35,36)/t4-,5-,6+,7-,8-,9-,10+,11+,12+,13+,14+,15+,16-,17-,18+,19+,21+,22+,23+,24-/m0/s1. The lowest BCUT2D eigenvalue weighted by molar-refractivity contribution is -0.393. The lowest BCUT2D eigenvalue weighted by atomic mass is 9.96. The molecule has 20 nitrogen and oxygen atoms in total. The molecule has 4 rings (SSSR count). The first-order valence-corrected chi connectivity index (χ1v) is 13.8. The average molecular weight is 649 g/mol. The summed E-state index contributed by atoms with van der Waals surface area (Å²) in [7, 11) is 0. The number of aliphatic hydroxyl groups excluding tert-OH is 11. The van der Waals surface area contributed by atoms with Crippen molar-refractivity contribution >= 4 is 5.97 Å². The molecule has 0 aromatic carbocycles. The molecule has 0 saturated carbocycles. The van der Waals surface area contributed by atoms with Gasteiger partial charge in [0.15, 0.2) is 31.3 Å². The van der Waals surface area contributed by atoms with Gasteiger partial charge in [0.2, 0.25) is 0 Å². The number of hydrogen-bond donors (Lipinski definition) is 12. The van der Waals surface area contributed by atoms with Crippen molar-refractivity contribution < 1.29 is 99.2 Å². The van der Waals surface area contributed by atoms with Crippen LogP contribution in [0, 0.1) is 0 Å². The number of aliphatic carboxylic acids is 1. The van der Waals surface area contributed by atoms with Crippen LogP contribution in [-0.4, -0.2) is 197 Å². The summed E-state index contributed by atoms with van der Waals surface area (Å²) < 4.78 is 37.9. The van der Waals surface area contributed by atoms with E-state index in [1.807, 2.05) is 0 Å². The van der Waals surface area contributed by atoms with Crippen molar-refractivity contribution in [1.82, 2.24) is 0 Å². The first-order chi connectivity index (χ1) is 20.6. The van der Waals surface area contributed by atoms with Gasteiger partial charge < -0.3 is 94.4 Å². The molecule has 4 aliphatic heterocycles. The fourth-order valence-corrected chi connectivity index (χ4v) is 5.39. The molecule has 0 unspecified atom stereocenters. The summed E-state index contributed by atoms with van der Waals surface area (Å²) in [5, 5.41) is 123. The van der Waals surface area contributed by atoms with E-state index in [9.17, 15) is 66.1 Å². The van der Waals surface area contributed by atoms with Crippen LogP contribution >= 0.6 is 0 Å². The van der Waals surface area contributed by atoms with Crippen molar-refractivity contribution in [2.45, 2.75) is 137 Å². The van der Waals surface area contributed by atoms with Crippen LogP contribution in [0.4, 0.5) is 0 Å². The van der Waals surface area contributed by atoms with Gasteiger partial charge in [-0.2, -0.15) is 0 Å². The van der Waals surface area contributed by atoms with Gasteiger partial charge in [0, 0.05) is 0 Å². The Hall–Kier alpha value is -1.25. The predicted octanol–water partition coefficient (Wildman–Crippen LogP) is -7.60. The Morgan fingerprint density at radius 3 is 1.61 bits per heavy atom. The van der Waals surface area contributed by atoms with Gasteiger partial charge in [-0.1, -0.05) is 0 Å². The molecule has 0 bridgehead atoms. The van der Waals surface area contributed by atoms with E-state index in [2.05, 4.69) is 0 Å². The van der Waals surface area contributed by atoms with E-state index in [-0.39, 0.29) is 0 Å². The van der Waals surface area contributed by atoms with E-state index in [4.69, 9.17) is 33.2 Å². The fraction of sp³-hybridized carbons (Fsp3) is 0.958. The second-order valence-electron chi connectivity index (χ2n) is 11.1. The number of rotatable bonds is 8. The lowest BCUT2D eigenvalue weighted by Gasteiger charge is -2.48. The molecule has 0 aromatic heterocycles. The molecule has 0 aromatic rings. The summed E-state index contributed by atoms with van der Waals surface area (Å²) in [6, 6.07) is 0.